The van der Waals surface area contributed by atoms with Crippen molar-refractivity contribution in [2.75, 3.05) is 0 Å². The average molecular weight is 181 g/mol. The number of nitrogens with zero attached hydrogens (tertiary/aromatic N) is 2. The van der Waals surface area contributed by atoms with Crippen LogP contribution in [0.1, 0.15) is 38.1 Å². The van der Waals surface area contributed by atoms with Crippen LogP contribution in [0, 0.1) is 0 Å². The van der Waals surface area contributed by atoms with Gasteiger partial charge in [-0.05, 0) is 18.9 Å². The van der Waals surface area contributed by atoms with Crippen LogP contribution in [-0.2, 0) is 19.5 Å². The first kappa shape index (κ1) is 10.3. The van der Waals surface area contributed by atoms with E-state index in [4.69, 9.17) is 5.73 Å². The van der Waals surface area contributed by atoms with Crippen molar-refractivity contribution < 1.29 is 0 Å². The summed E-state index contributed by atoms with van der Waals surface area (Å²) in [5.41, 5.74) is 8.04. The van der Waals surface area contributed by atoms with Crippen molar-refractivity contribution >= 4 is 0 Å². The van der Waals surface area contributed by atoms with Gasteiger partial charge in [-0.25, -0.2) is 0 Å². The molecule has 3 heteroatoms. The maximum absolute atomic E-state index is 5.59. The second-order valence-electron chi connectivity index (χ2n) is 3.31. The largest absolute Gasteiger partial charge is 0.312 e. The van der Waals surface area contributed by atoms with Crippen LogP contribution < -0.4 is 5.73 Å². The first-order chi connectivity index (χ1) is 6.31. The second-order valence-corrected chi connectivity index (χ2v) is 3.31. The fraction of sp³-hybridized carbons (Fsp3) is 0.700. The van der Waals surface area contributed by atoms with E-state index in [2.05, 4.69) is 25.0 Å². The van der Waals surface area contributed by atoms with Crippen LogP contribution >= 0.6 is 0 Å². The molecule has 0 aliphatic heterocycles. The van der Waals surface area contributed by atoms with Gasteiger partial charge in [-0.1, -0.05) is 26.7 Å². The minimum Gasteiger partial charge on any atom is -0.312 e. The third-order valence-corrected chi connectivity index (χ3v) is 2.10. The first-order valence-electron chi connectivity index (χ1n) is 5.07. The second kappa shape index (κ2) is 5.02. The number of hydrogen-bond acceptors (Lipinski definition) is 2. The van der Waals surface area contributed by atoms with Crippen molar-refractivity contribution in [2.24, 2.45) is 5.73 Å². The van der Waals surface area contributed by atoms with Gasteiger partial charge in [0.1, 0.15) is 0 Å². The molecule has 13 heavy (non-hydrogen) atoms. The highest BCUT2D eigenvalue weighted by molar-refractivity contribution is 5.10. The van der Waals surface area contributed by atoms with E-state index in [9.17, 15) is 0 Å². The molecule has 0 amide bonds. The van der Waals surface area contributed by atoms with Crippen LogP contribution in [0.4, 0.5) is 0 Å². The van der Waals surface area contributed by atoms with Gasteiger partial charge in [0.25, 0.3) is 0 Å². The van der Waals surface area contributed by atoms with E-state index in [-0.39, 0.29) is 0 Å². The van der Waals surface area contributed by atoms with Crippen molar-refractivity contribution in [3.8, 4) is 0 Å². The van der Waals surface area contributed by atoms with Crippen LogP contribution in [0.25, 0.3) is 0 Å². The van der Waals surface area contributed by atoms with Crippen molar-refractivity contribution in [2.45, 2.75) is 46.2 Å². The zero-order chi connectivity index (χ0) is 9.68. The number of aryl methyl sites for hydroxylation is 2. The summed E-state index contributed by atoms with van der Waals surface area (Å²) < 4.78 is 1.91. The Morgan fingerprint density at radius 3 is 2.54 bits per heavy atom. The summed E-state index contributed by atoms with van der Waals surface area (Å²) in [7, 11) is 0. The molecule has 0 aliphatic carbocycles. The smallest absolute Gasteiger partial charge is 0.0882 e. The van der Waals surface area contributed by atoms with Crippen LogP contribution in [0.3, 0.4) is 0 Å². The summed E-state index contributed by atoms with van der Waals surface area (Å²) in [6, 6.07) is 2.18. The van der Waals surface area contributed by atoms with Crippen molar-refractivity contribution in [1.82, 2.24) is 9.78 Å². The summed E-state index contributed by atoms with van der Waals surface area (Å²) >= 11 is 0. The molecule has 74 valence electrons. The Morgan fingerprint density at radius 1 is 1.31 bits per heavy atom. The topological polar surface area (TPSA) is 43.8 Å². The maximum Gasteiger partial charge on any atom is 0.0882 e. The molecule has 1 rings (SSSR count). The number of nitrogens with two attached hydrogens (primary N) is 1. The highest BCUT2D eigenvalue weighted by Crippen LogP contribution is 2.08. The molecular formula is C10H19N3. The Labute approximate surface area is 79.9 Å². The van der Waals surface area contributed by atoms with Crippen molar-refractivity contribution in [3.63, 3.8) is 0 Å². The van der Waals surface area contributed by atoms with Gasteiger partial charge in [-0.15, -0.1) is 0 Å². The van der Waals surface area contributed by atoms with Crippen LogP contribution in [0.5, 0.6) is 0 Å². The van der Waals surface area contributed by atoms with E-state index < -0.39 is 0 Å². The fourth-order valence-electron chi connectivity index (χ4n) is 1.51. The van der Waals surface area contributed by atoms with Gasteiger partial charge in [0.2, 0.25) is 0 Å². The van der Waals surface area contributed by atoms with Gasteiger partial charge in [0.15, 0.2) is 0 Å². The maximum atomic E-state index is 5.59. The summed E-state index contributed by atoms with van der Waals surface area (Å²) in [5, 5.41) is 4.43. The normalized spacial score (nSPS) is 10.7. The number of hydrogen-bond donors (Lipinski definition) is 1. The Balaban J connectivity index is 2.77. The molecule has 0 atom stereocenters. The molecule has 3 nitrogen and oxygen atoms in total. The molecule has 0 aliphatic rings. The zero-order valence-corrected chi connectivity index (χ0v) is 8.58. The van der Waals surface area contributed by atoms with E-state index in [1.165, 1.54) is 11.4 Å². The third kappa shape index (κ3) is 2.56. The van der Waals surface area contributed by atoms with Gasteiger partial charge < -0.3 is 5.73 Å². The van der Waals surface area contributed by atoms with Gasteiger partial charge in [0, 0.05) is 5.69 Å². The highest BCUT2D eigenvalue weighted by atomic mass is 15.3. The molecule has 0 unspecified atom stereocenters. The molecule has 0 saturated heterocycles. The van der Waals surface area contributed by atoms with E-state index >= 15 is 0 Å². The van der Waals surface area contributed by atoms with E-state index in [0.29, 0.717) is 6.67 Å². The lowest BCUT2D eigenvalue weighted by molar-refractivity contribution is 0.590. The summed E-state index contributed by atoms with van der Waals surface area (Å²) in [6.45, 7) is 4.84. The highest BCUT2D eigenvalue weighted by Gasteiger charge is 2.04. The van der Waals surface area contributed by atoms with Crippen LogP contribution in [0.15, 0.2) is 6.07 Å². The molecular weight excluding hydrogens is 162 g/mol. The molecule has 0 radical (unpaired) electrons. The molecule has 0 saturated carbocycles. The van der Waals surface area contributed by atoms with Gasteiger partial charge >= 0.3 is 0 Å². The molecule has 0 aromatic carbocycles. The third-order valence-electron chi connectivity index (χ3n) is 2.10. The van der Waals surface area contributed by atoms with E-state index in [1.807, 2.05) is 4.68 Å². The molecule has 1 aromatic heterocycles. The molecule has 0 bridgehead atoms. The molecule has 2 N–H and O–H groups in total. The predicted octanol–water partition coefficient (Wildman–Crippen LogP) is 1.70. The summed E-state index contributed by atoms with van der Waals surface area (Å²) in [5.74, 6) is 0. The standard InChI is InChI=1S/C10H19N3/c1-3-5-9-7-10(6-4-2)13(8-11)12-9/h7H,3-6,8,11H2,1-2H3. The lowest BCUT2D eigenvalue weighted by atomic mass is 10.2. The number of aromatic nitrogens is 2. The predicted molar refractivity (Wildman–Crippen MR) is 54.4 cm³/mol. The van der Waals surface area contributed by atoms with Crippen molar-refractivity contribution in [3.05, 3.63) is 17.5 Å². The Kier molecular flexibility index (Phi) is 3.96. The van der Waals surface area contributed by atoms with Gasteiger partial charge in [-0.3, -0.25) is 4.68 Å². The van der Waals surface area contributed by atoms with Crippen molar-refractivity contribution in [1.29, 1.82) is 0 Å². The Hall–Kier alpha value is -0.830. The minimum atomic E-state index is 0.499. The lowest BCUT2D eigenvalue weighted by Gasteiger charge is -2.00. The first-order valence-corrected chi connectivity index (χ1v) is 5.07. The molecule has 0 spiro atoms. The van der Waals surface area contributed by atoms with Gasteiger partial charge in [0.05, 0.1) is 12.4 Å². The molecule has 0 fully saturated rings. The summed E-state index contributed by atoms with van der Waals surface area (Å²) in [6.07, 6.45) is 4.43. The SMILES string of the molecule is CCCc1cc(CCC)n(CN)n1. The average Bonchev–Trinajstić information content (AvgIpc) is 2.49. The Morgan fingerprint density at radius 2 is 2.00 bits per heavy atom. The Bertz CT molecular complexity index is 253. The van der Waals surface area contributed by atoms with Gasteiger partial charge in [-0.2, -0.15) is 5.10 Å². The minimum absolute atomic E-state index is 0.499. The summed E-state index contributed by atoms with van der Waals surface area (Å²) in [4.78, 5) is 0. The monoisotopic (exact) mass is 181 g/mol. The zero-order valence-electron chi connectivity index (χ0n) is 8.58. The van der Waals surface area contributed by atoms with E-state index in [0.717, 1.165) is 25.7 Å². The fourth-order valence-corrected chi connectivity index (χ4v) is 1.51. The number of rotatable bonds is 5. The van der Waals surface area contributed by atoms with E-state index in [1.54, 1.807) is 0 Å². The van der Waals surface area contributed by atoms with Crippen LogP contribution in [-0.4, -0.2) is 9.78 Å². The molecule has 1 heterocycles. The molecule has 1 aromatic rings. The lowest BCUT2D eigenvalue weighted by Crippen LogP contribution is -2.12. The quantitative estimate of drug-likeness (QED) is 0.751. The van der Waals surface area contributed by atoms with Crippen LogP contribution in [0.2, 0.25) is 0 Å².